The fraction of sp³-hybridized carbons (Fsp3) is 0.273. The van der Waals surface area contributed by atoms with Crippen molar-refractivity contribution in [2.24, 2.45) is 0 Å². The summed E-state index contributed by atoms with van der Waals surface area (Å²) in [6, 6.07) is 11.7. The first kappa shape index (κ1) is 22.5. The first-order valence-corrected chi connectivity index (χ1v) is 9.50. The molecule has 5 nitrogen and oxygen atoms in total. The van der Waals surface area contributed by atoms with E-state index in [1.54, 1.807) is 43.3 Å². The second-order valence-corrected chi connectivity index (χ2v) is 7.39. The van der Waals surface area contributed by atoms with E-state index in [1.807, 2.05) is 6.92 Å². The van der Waals surface area contributed by atoms with Crippen LogP contribution in [-0.2, 0) is 6.18 Å². The van der Waals surface area contributed by atoms with Crippen LogP contribution < -0.4 is 5.32 Å². The molecule has 0 bridgehead atoms. The number of carbonyl (C=O) groups is 1. The van der Waals surface area contributed by atoms with Crippen molar-refractivity contribution in [3.8, 4) is 5.69 Å². The van der Waals surface area contributed by atoms with Gasteiger partial charge in [-0.25, -0.2) is 9.07 Å². The van der Waals surface area contributed by atoms with Crippen molar-refractivity contribution in [1.82, 2.24) is 20.0 Å². The molecule has 1 unspecified atom stereocenters. The number of halogens is 4. The Hall–Kier alpha value is -3.20. The van der Waals surface area contributed by atoms with Gasteiger partial charge in [-0.3, -0.25) is 4.79 Å². The Kier molecular flexibility index (Phi) is 6.45. The molecule has 0 radical (unpaired) electrons. The number of aromatic nitrogens is 2. The van der Waals surface area contributed by atoms with Crippen molar-refractivity contribution < 1.29 is 22.4 Å². The molecule has 164 valence electrons. The number of nitrogens with one attached hydrogen (secondary N) is 1. The van der Waals surface area contributed by atoms with E-state index in [0.717, 1.165) is 22.0 Å². The highest BCUT2D eigenvalue weighted by atomic mass is 19.4. The molecule has 0 aliphatic carbocycles. The van der Waals surface area contributed by atoms with Crippen LogP contribution in [0.15, 0.2) is 54.7 Å². The second kappa shape index (κ2) is 8.89. The predicted molar refractivity (Wildman–Crippen MR) is 108 cm³/mol. The maximum Gasteiger partial charge on any atom is 0.434 e. The topological polar surface area (TPSA) is 50.2 Å². The standard InChI is InChI=1S/C22H22F4N4O/c1-14-4-10-17(11-5-14)30-20(22(24,25)26)18(12-28-30)21(31)27-13-19(29(2)3)15-6-8-16(23)9-7-15/h4-12,19H,13H2,1-3H3,(H,27,31). The summed E-state index contributed by atoms with van der Waals surface area (Å²) in [5.74, 6) is -1.29. The SMILES string of the molecule is Cc1ccc(-n2ncc(C(=O)NCC(c3ccc(F)cc3)N(C)C)c2C(F)(F)F)cc1. The average molecular weight is 434 g/mol. The lowest BCUT2D eigenvalue weighted by atomic mass is 10.1. The molecule has 0 aliphatic heterocycles. The van der Waals surface area contributed by atoms with Gasteiger partial charge in [-0.1, -0.05) is 29.8 Å². The van der Waals surface area contributed by atoms with E-state index in [-0.39, 0.29) is 18.3 Å². The molecule has 1 atom stereocenters. The van der Waals surface area contributed by atoms with Crippen molar-refractivity contribution in [3.05, 3.63) is 82.9 Å². The minimum atomic E-state index is -4.79. The van der Waals surface area contributed by atoms with Gasteiger partial charge in [0.15, 0.2) is 5.69 Å². The van der Waals surface area contributed by atoms with E-state index in [9.17, 15) is 22.4 Å². The number of alkyl halides is 3. The van der Waals surface area contributed by atoms with Crippen molar-refractivity contribution in [2.45, 2.75) is 19.1 Å². The zero-order valence-corrected chi connectivity index (χ0v) is 17.2. The quantitative estimate of drug-likeness (QED) is 0.586. The van der Waals surface area contributed by atoms with Gasteiger partial charge in [-0.15, -0.1) is 0 Å². The largest absolute Gasteiger partial charge is 0.434 e. The van der Waals surface area contributed by atoms with E-state index in [2.05, 4.69) is 10.4 Å². The fourth-order valence-corrected chi connectivity index (χ4v) is 3.24. The molecule has 2 aromatic carbocycles. The lowest BCUT2D eigenvalue weighted by Crippen LogP contribution is -2.35. The fourth-order valence-electron chi connectivity index (χ4n) is 3.24. The third kappa shape index (κ3) is 5.11. The van der Waals surface area contributed by atoms with Crippen LogP contribution in [0.25, 0.3) is 5.69 Å². The molecule has 1 amide bonds. The summed E-state index contributed by atoms with van der Waals surface area (Å²) in [6.07, 6.45) is -3.87. The van der Waals surface area contributed by atoms with E-state index in [4.69, 9.17) is 0 Å². The number of aryl methyl sites for hydroxylation is 1. The molecule has 0 fully saturated rings. The first-order valence-electron chi connectivity index (χ1n) is 9.50. The normalized spacial score (nSPS) is 12.8. The summed E-state index contributed by atoms with van der Waals surface area (Å²) in [4.78, 5) is 14.5. The Balaban J connectivity index is 1.87. The van der Waals surface area contributed by atoms with Gasteiger partial charge < -0.3 is 10.2 Å². The van der Waals surface area contributed by atoms with Crippen molar-refractivity contribution in [2.75, 3.05) is 20.6 Å². The van der Waals surface area contributed by atoms with Crippen LogP contribution in [0.1, 0.15) is 33.2 Å². The second-order valence-electron chi connectivity index (χ2n) is 7.39. The van der Waals surface area contributed by atoms with Gasteiger partial charge in [0.05, 0.1) is 23.5 Å². The Labute approximate surface area is 177 Å². The van der Waals surface area contributed by atoms with Gasteiger partial charge in [0.25, 0.3) is 5.91 Å². The number of likely N-dealkylation sites (N-methyl/N-ethyl adjacent to an activating group) is 1. The highest BCUT2D eigenvalue weighted by Gasteiger charge is 2.40. The van der Waals surface area contributed by atoms with E-state index in [1.165, 1.54) is 24.3 Å². The predicted octanol–water partition coefficient (Wildman–Crippen LogP) is 4.37. The van der Waals surface area contributed by atoms with Crippen LogP contribution in [0.3, 0.4) is 0 Å². The van der Waals surface area contributed by atoms with E-state index in [0.29, 0.717) is 0 Å². The number of benzene rings is 2. The summed E-state index contributed by atoms with van der Waals surface area (Å²) in [5, 5.41) is 6.37. The van der Waals surface area contributed by atoms with Crippen LogP contribution in [0.5, 0.6) is 0 Å². The summed E-state index contributed by atoms with van der Waals surface area (Å²) >= 11 is 0. The highest BCUT2D eigenvalue weighted by molar-refractivity contribution is 5.95. The molecular weight excluding hydrogens is 412 g/mol. The number of rotatable bonds is 6. The number of amides is 1. The summed E-state index contributed by atoms with van der Waals surface area (Å²) in [5.41, 5.74) is 0.104. The van der Waals surface area contributed by atoms with Gasteiger partial charge >= 0.3 is 6.18 Å². The molecule has 3 rings (SSSR count). The number of hydrogen-bond donors (Lipinski definition) is 1. The Bertz CT molecular complexity index is 1040. The summed E-state index contributed by atoms with van der Waals surface area (Å²) in [6.45, 7) is 1.85. The third-order valence-electron chi connectivity index (χ3n) is 4.89. The average Bonchev–Trinajstić information content (AvgIpc) is 3.15. The molecule has 9 heteroatoms. The number of hydrogen-bond acceptors (Lipinski definition) is 3. The Morgan fingerprint density at radius 1 is 1.10 bits per heavy atom. The minimum absolute atomic E-state index is 0.0322. The number of carbonyl (C=O) groups excluding carboxylic acids is 1. The lowest BCUT2D eigenvalue weighted by molar-refractivity contribution is -0.143. The molecule has 0 spiro atoms. The smallest absolute Gasteiger partial charge is 0.350 e. The first-order chi connectivity index (χ1) is 14.6. The van der Waals surface area contributed by atoms with Crippen LogP contribution in [0.2, 0.25) is 0 Å². The molecule has 1 aromatic heterocycles. The summed E-state index contributed by atoms with van der Waals surface area (Å²) in [7, 11) is 3.52. The van der Waals surface area contributed by atoms with Gasteiger partial charge in [0, 0.05) is 6.54 Å². The van der Waals surface area contributed by atoms with Crippen molar-refractivity contribution in [1.29, 1.82) is 0 Å². The van der Waals surface area contributed by atoms with Gasteiger partial charge in [0.2, 0.25) is 0 Å². The molecule has 0 saturated heterocycles. The molecular formula is C22H22F4N4O. The monoisotopic (exact) mass is 434 g/mol. The van der Waals surface area contributed by atoms with Crippen LogP contribution in [0.4, 0.5) is 17.6 Å². The van der Waals surface area contributed by atoms with Gasteiger partial charge in [-0.05, 0) is 50.8 Å². The van der Waals surface area contributed by atoms with Crippen LogP contribution in [-0.4, -0.2) is 41.2 Å². The van der Waals surface area contributed by atoms with Crippen molar-refractivity contribution in [3.63, 3.8) is 0 Å². The third-order valence-corrected chi connectivity index (χ3v) is 4.89. The molecule has 31 heavy (non-hydrogen) atoms. The van der Waals surface area contributed by atoms with Crippen LogP contribution in [0, 0.1) is 12.7 Å². The highest BCUT2D eigenvalue weighted by Crippen LogP contribution is 2.33. The molecule has 1 N–H and O–H groups in total. The van der Waals surface area contributed by atoms with E-state index >= 15 is 0 Å². The molecule has 1 heterocycles. The molecule has 0 aliphatic rings. The Morgan fingerprint density at radius 2 is 1.71 bits per heavy atom. The molecule has 0 saturated carbocycles. The van der Waals surface area contributed by atoms with Gasteiger partial charge in [0.1, 0.15) is 5.82 Å². The maximum absolute atomic E-state index is 13.8. The molecule has 3 aromatic rings. The summed E-state index contributed by atoms with van der Waals surface area (Å²) < 4.78 is 55.4. The van der Waals surface area contributed by atoms with Gasteiger partial charge in [-0.2, -0.15) is 18.3 Å². The van der Waals surface area contributed by atoms with Crippen molar-refractivity contribution >= 4 is 5.91 Å². The number of nitrogens with zero attached hydrogens (tertiary/aromatic N) is 3. The zero-order valence-electron chi connectivity index (χ0n) is 17.2. The lowest BCUT2D eigenvalue weighted by Gasteiger charge is -2.25. The zero-order chi connectivity index (χ0) is 22.8. The maximum atomic E-state index is 13.8. The minimum Gasteiger partial charge on any atom is -0.350 e. The van der Waals surface area contributed by atoms with E-state index < -0.39 is 29.2 Å². The Morgan fingerprint density at radius 3 is 2.26 bits per heavy atom. The van der Waals surface area contributed by atoms with Crippen LogP contribution >= 0.6 is 0 Å².